The number of hydrogen-bond donors (Lipinski definition) is 0. The van der Waals surface area contributed by atoms with Gasteiger partial charge in [0.2, 0.25) is 0 Å². The van der Waals surface area contributed by atoms with E-state index in [1.807, 2.05) is 0 Å². The second kappa shape index (κ2) is 8.96. The van der Waals surface area contributed by atoms with E-state index in [0.717, 1.165) is 43.9 Å². The maximum absolute atomic E-state index is 6.40. The van der Waals surface area contributed by atoms with E-state index in [2.05, 4.69) is 80.1 Å². The van der Waals surface area contributed by atoms with Crippen molar-refractivity contribution >= 4 is 5.69 Å². The first-order valence-electron chi connectivity index (χ1n) is 11.0. The summed E-state index contributed by atoms with van der Waals surface area (Å²) in [5.74, 6) is 0.203. The van der Waals surface area contributed by atoms with Crippen molar-refractivity contribution in [3.05, 3.63) is 59.2 Å². The van der Waals surface area contributed by atoms with E-state index >= 15 is 0 Å². The van der Waals surface area contributed by atoms with Crippen molar-refractivity contribution in [2.75, 3.05) is 51.3 Å². The molecule has 0 spiro atoms. The summed E-state index contributed by atoms with van der Waals surface area (Å²) >= 11 is 0. The zero-order chi connectivity index (χ0) is 21.1. The molecule has 2 heterocycles. The fourth-order valence-corrected chi connectivity index (χ4v) is 4.41. The van der Waals surface area contributed by atoms with Crippen LogP contribution in [0.5, 0.6) is 5.75 Å². The van der Waals surface area contributed by atoms with Crippen LogP contribution in [-0.2, 0) is 15.3 Å². The molecule has 0 N–H and O–H groups in total. The number of rotatable bonds is 6. The van der Waals surface area contributed by atoms with Gasteiger partial charge in [-0.25, -0.2) is 0 Å². The van der Waals surface area contributed by atoms with Gasteiger partial charge < -0.3 is 24.0 Å². The Kier molecular flexibility index (Phi) is 6.32. The summed E-state index contributed by atoms with van der Waals surface area (Å²) in [5.41, 5.74) is 4.84. The maximum Gasteiger partial charge on any atom is 0.195 e. The van der Waals surface area contributed by atoms with Crippen LogP contribution >= 0.6 is 0 Å². The molecule has 0 aromatic heterocycles. The number of hydrogen-bond acceptors (Lipinski definition) is 5. The van der Waals surface area contributed by atoms with Crippen LogP contribution in [0, 0.1) is 13.8 Å². The minimum atomic E-state index is -0.670. The van der Waals surface area contributed by atoms with Gasteiger partial charge in [0.15, 0.2) is 5.79 Å². The second-order valence-electron chi connectivity index (χ2n) is 8.57. The Morgan fingerprint density at radius 1 is 1.03 bits per heavy atom. The fraction of sp³-hybridized carbons (Fsp3) is 0.520. The zero-order valence-electron chi connectivity index (χ0n) is 18.7. The van der Waals surface area contributed by atoms with E-state index < -0.39 is 5.79 Å². The molecule has 2 aliphatic rings. The van der Waals surface area contributed by atoms with Crippen LogP contribution < -0.4 is 9.64 Å². The number of benzene rings is 2. The molecular weight excluding hydrogens is 376 g/mol. The summed E-state index contributed by atoms with van der Waals surface area (Å²) in [4.78, 5) is 4.79. The Bertz CT molecular complexity index is 846. The van der Waals surface area contributed by atoms with Crippen LogP contribution in [0.3, 0.4) is 0 Å². The van der Waals surface area contributed by atoms with Crippen LogP contribution in [0.2, 0.25) is 0 Å². The summed E-state index contributed by atoms with van der Waals surface area (Å²) < 4.78 is 18.6. The van der Waals surface area contributed by atoms with Crippen molar-refractivity contribution in [2.24, 2.45) is 0 Å². The van der Waals surface area contributed by atoms with Crippen molar-refractivity contribution in [2.45, 2.75) is 39.1 Å². The lowest BCUT2D eigenvalue weighted by Crippen LogP contribution is -2.44. The predicted octanol–water partition coefficient (Wildman–Crippen LogP) is 4.11. The summed E-state index contributed by atoms with van der Waals surface area (Å²) in [7, 11) is 2.18. The lowest BCUT2D eigenvalue weighted by Gasteiger charge is -2.34. The van der Waals surface area contributed by atoms with Crippen LogP contribution in [0.15, 0.2) is 42.5 Å². The molecule has 2 atom stereocenters. The number of ether oxygens (including phenoxy) is 3. The van der Waals surface area contributed by atoms with E-state index in [9.17, 15) is 0 Å². The van der Waals surface area contributed by atoms with Crippen molar-refractivity contribution in [1.82, 2.24) is 4.90 Å². The molecule has 0 saturated carbocycles. The van der Waals surface area contributed by atoms with Gasteiger partial charge in [-0.1, -0.05) is 30.7 Å². The SMILES string of the molecule is CC[C@@]1(c2ccc(C)cc2C)OC[C@@H](COc2ccc(N3CCN(C)CC3)cc2)O1. The van der Waals surface area contributed by atoms with Gasteiger partial charge in [-0.3, -0.25) is 0 Å². The lowest BCUT2D eigenvalue weighted by atomic mass is 9.96. The highest BCUT2D eigenvalue weighted by Gasteiger charge is 2.42. The zero-order valence-corrected chi connectivity index (χ0v) is 18.7. The van der Waals surface area contributed by atoms with Crippen molar-refractivity contribution < 1.29 is 14.2 Å². The average Bonchev–Trinajstić information content (AvgIpc) is 3.18. The topological polar surface area (TPSA) is 34.2 Å². The molecule has 5 nitrogen and oxygen atoms in total. The molecule has 2 aliphatic heterocycles. The monoisotopic (exact) mass is 410 g/mol. The molecule has 4 rings (SSSR count). The number of anilines is 1. The normalized spacial score (nSPS) is 24.9. The van der Waals surface area contributed by atoms with E-state index in [1.165, 1.54) is 16.8 Å². The van der Waals surface area contributed by atoms with Gasteiger partial charge in [-0.15, -0.1) is 0 Å². The third kappa shape index (κ3) is 4.48. The van der Waals surface area contributed by atoms with Crippen LogP contribution in [0.1, 0.15) is 30.0 Å². The number of nitrogens with zero attached hydrogens (tertiary/aromatic N) is 2. The highest BCUT2D eigenvalue weighted by molar-refractivity contribution is 5.49. The van der Waals surface area contributed by atoms with E-state index in [-0.39, 0.29) is 6.10 Å². The van der Waals surface area contributed by atoms with Gasteiger partial charge in [0.05, 0.1) is 6.61 Å². The van der Waals surface area contributed by atoms with Crippen molar-refractivity contribution in [1.29, 1.82) is 0 Å². The molecule has 30 heavy (non-hydrogen) atoms. The maximum atomic E-state index is 6.40. The van der Waals surface area contributed by atoms with Gasteiger partial charge in [0.1, 0.15) is 18.5 Å². The Morgan fingerprint density at radius 2 is 1.77 bits per heavy atom. The highest BCUT2D eigenvalue weighted by atomic mass is 16.8. The first-order chi connectivity index (χ1) is 14.5. The van der Waals surface area contributed by atoms with Crippen LogP contribution in [0.4, 0.5) is 5.69 Å². The van der Waals surface area contributed by atoms with Crippen LogP contribution in [-0.4, -0.2) is 57.4 Å². The number of aryl methyl sites for hydroxylation is 2. The highest BCUT2D eigenvalue weighted by Crippen LogP contribution is 2.39. The largest absolute Gasteiger partial charge is 0.491 e. The van der Waals surface area contributed by atoms with Gasteiger partial charge in [-0.2, -0.15) is 0 Å². The standard InChI is InChI=1S/C25H34N2O3/c1-5-25(24-11-6-19(2)16-20(24)3)29-18-23(30-25)17-28-22-9-7-21(8-10-22)27-14-12-26(4)13-15-27/h6-11,16,23H,5,12-15,17-18H2,1-4H3/t23-,25-/m1/s1. The summed E-state index contributed by atoms with van der Waals surface area (Å²) in [6.07, 6.45) is 0.690. The molecule has 2 aromatic carbocycles. The van der Waals surface area contributed by atoms with Crippen molar-refractivity contribution in [3.8, 4) is 5.75 Å². The number of likely N-dealkylation sites (N-methyl/N-ethyl adjacent to an activating group) is 1. The molecule has 0 aliphatic carbocycles. The van der Waals surface area contributed by atoms with E-state index in [1.54, 1.807) is 0 Å². The molecule has 0 bridgehead atoms. The van der Waals surface area contributed by atoms with Gasteiger partial charge in [0.25, 0.3) is 0 Å². The molecule has 162 valence electrons. The third-order valence-corrected chi connectivity index (χ3v) is 6.26. The molecular formula is C25H34N2O3. The molecule has 5 heteroatoms. The smallest absolute Gasteiger partial charge is 0.195 e. The Labute approximate surface area is 180 Å². The molecule has 0 radical (unpaired) electrons. The molecule has 2 saturated heterocycles. The lowest BCUT2D eigenvalue weighted by molar-refractivity contribution is -0.181. The van der Waals surface area contributed by atoms with Gasteiger partial charge in [-0.05, 0) is 50.7 Å². The quantitative estimate of drug-likeness (QED) is 0.716. The number of piperazine rings is 1. The first-order valence-corrected chi connectivity index (χ1v) is 11.0. The average molecular weight is 411 g/mol. The van der Waals surface area contributed by atoms with E-state index in [0.29, 0.717) is 13.2 Å². The second-order valence-corrected chi connectivity index (χ2v) is 8.57. The first kappa shape index (κ1) is 21.2. The Balaban J connectivity index is 1.34. The third-order valence-electron chi connectivity index (χ3n) is 6.26. The van der Waals surface area contributed by atoms with Crippen LogP contribution in [0.25, 0.3) is 0 Å². The fourth-order valence-electron chi connectivity index (χ4n) is 4.41. The van der Waals surface area contributed by atoms with Gasteiger partial charge >= 0.3 is 0 Å². The predicted molar refractivity (Wildman–Crippen MR) is 120 cm³/mol. The van der Waals surface area contributed by atoms with Gasteiger partial charge in [0, 0.05) is 43.9 Å². The minimum Gasteiger partial charge on any atom is -0.491 e. The molecule has 0 unspecified atom stereocenters. The summed E-state index contributed by atoms with van der Waals surface area (Å²) in [5, 5.41) is 0. The molecule has 2 fully saturated rings. The Hall–Kier alpha value is -2.08. The molecule has 0 amide bonds. The minimum absolute atomic E-state index is 0.0806. The summed E-state index contributed by atoms with van der Waals surface area (Å²) in [6, 6.07) is 14.9. The van der Waals surface area contributed by atoms with Crippen molar-refractivity contribution in [3.63, 3.8) is 0 Å². The summed E-state index contributed by atoms with van der Waals surface area (Å²) in [6.45, 7) is 11.7. The van der Waals surface area contributed by atoms with E-state index in [4.69, 9.17) is 14.2 Å². The Morgan fingerprint density at radius 3 is 2.43 bits per heavy atom. The molecule has 2 aromatic rings.